The second-order valence-corrected chi connectivity index (χ2v) is 5.07. The molecule has 3 rings (SSSR count). The van der Waals surface area contributed by atoms with Gasteiger partial charge >= 0.3 is 0 Å². The zero-order chi connectivity index (χ0) is 12.5. The summed E-state index contributed by atoms with van der Waals surface area (Å²) < 4.78 is 1.93. The van der Waals surface area contributed by atoms with E-state index in [1.165, 1.54) is 11.1 Å². The second kappa shape index (κ2) is 4.65. The Kier molecular flexibility index (Phi) is 3.00. The van der Waals surface area contributed by atoms with Crippen molar-refractivity contribution in [3.8, 4) is 0 Å². The van der Waals surface area contributed by atoms with Gasteiger partial charge in [-0.15, -0.1) is 0 Å². The number of nitrogens with zero attached hydrogens (tertiary/aromatic N) is 2. The third-order valence-corrected chi connectivity index (χ3v) is 3.70. The van der Waals surface area contributed by atoms with Crippen LogP contribution in [0.15, 0.2) is 30.5 Å². The lowest BCUT2D eigenvalue weighted by atomic mass is 10.1. The number of nitrogens with one attached hydrogen (secondary N) is 1. The highest BCUT2D eigenvalue weighted by Crippen LogP contribution is 2.34. The maximum atomic E-state index is 6.02. The van der Waals surface area contributed by atoms with Crippen LogP contribution in [0.2, 0.25) is 5.02 Å². The second-order valence-electron chi connectivity index (χ2n) is 4.64. The predicted octanol–water partition coefficient (Wildman–Crippen LogP) is 3.66. The minimum Gasteiger partial charge on any atom is -0.362 e. The van der Waals surface area contributed by atoms with Gasteiger partial charge in [0.1, 0.15) is 5.82 Å². The maximum absolute atomic E-state index is 6.02. The fourth-order valence-corrected chi connectivity index (χ4v) is 2.72. The molecule has 1 unspecified atom stereocenters. The number of aryl methyl sites for hydroxylation is 2. The lowest BCUT2D eigenvalue weighted by Crippen LogP contribution is -2.08. The van der Waals surface area contributed by atoms with Gasteiger partial charge in [0.25, 0.3) is 0 Å². The van der Waals surface area contributed by atoms with Gasteiger partial charge in [-0.2, -0.15) is 5.10 Å². The van der Waals surface area contributed by atoms with E-state index in [4.69, 9.17) is 11.6 Å². The zero-order valence-electron chi connectivity index (χ0n) is 10.4. The Morgan fingerprint density at radius 1 is 1.44 bits per heavy atom. The van der Waals surface area contributed by atoms with Crippen molar-refractivity contribution in [3.63, 3.8) is 0 Å². The summed E-state index contributed by atoms with van der Waals surface area (Å²) in [6, 6.07) is 8.54. The van der Waals surface area contributed by atoms with E-state index in [1.54, 1.807) is 0 Å². The highest BCUT2D eigenvalue weighted by molar-refractivity contribution is 6.30. The summed E-state index contributed by atoms with van der Waals surface area (Å²) in [5, 5.41) is 8.78. The third-order valence-electron chi connectivity index (χ3n) is 3.47. The van der Waals surface area contributed by atoms with Crippen molar-refractivity contribution in [1.82, 2.24) is 9.78 Å². The molecule has 0 radical (unpaired) electrons. The molecule has 0 amide bonds. The summed E-state index contributed by atoms with van der Waals surface area (Å²) >= 11 is 6.02. The number of fused-ring (bicyclic) bond motifs is 1. The molecule has 2 aromatic rings. The van der Waals surface area contributed by atoms with Crippen molar-refractivity contribution in [2.75, 3.05) is 5.32 Å². The first kappa shape index (κ1) is 11.6. The summed E-state index contributed by atoms with van der Waals surface area (Å²) in [7, 11) is 0. The topological polar surface area (TPSA) is 29.9 Å². The van der Waals surface area contributed by atoms with Gasteiger partial charge in [-0.1, -0.05) is 17.7 Å². The summed E-state index contributed by atoms with van der Waals surface area (Å²) in [5.41, 5.74) is 2.71. The van der Waals surface area contributed by atoms with E-state index >= 15 is 0 Å². The fourth-order valence-electron chi connectivity index (χ4n) is 2.53. The van der Waals surface area contributed by atoms with Crippen LogP contribution in [0.3, 0.4) is 0 Å². The Bertz CT molecular complexity index is 562. The van der Waals surface area contributed by atoms with Crippen molar-refractivity contribution in [2.24, 2.45) is 0 Å². The summed E-state index contributed by atoms with van der Waals surface area (Å²) in [6.07, 6.45) is 4.19. The van der Waals surface area contributed by atoms with Gasteiger partial charge in [0.15, 0.2) is 0 Å². The van der Waals surface area contributed by atoms with E-state index in [1.807, 2.05) is 23.0 Å². The highest BCUT2D eigenvalue weighted by atomic mass is 35.5. The standard InChI is InChI=1S/C14H16ClN3/c1-2-18-8-7-14(17-18)16-13-6-3-10-9-11(15)4-5-12(10)13/h4-5,7-9,13H,2-3,6H2,1H3,(H,16,17). The number of hydrogen-bond acceptors (Lipinski definition) is 2. The first-order valence-electron chi connectivity index (χ1n) is 6.34. The van der Waals surface area contributed by atoms with E-state index in [0.29, 0.717) is 6.04 Å². The molecular formula is C14H16ClN3. The van der Waals surface area contributed by atoms with Crippen molar-refractivity contribution >= 4 is 17.4 Å². The Balaban J connectivity index is 1.80. The molecule has 0 saturated carbocycles. The lowest BCUT2D eigenvalue weighted by molar-refractivity contribution is 0.656. The van der Waals surface area contributed by atoms with Crippen LogP contribution >= 0.6 is 11.6 Å². The van der Waals surface area contributed by atoms with Crippen LogP contribution in [0.5, 0.6) is 0 Å². The Labute approximate surface area is 112 Å². The van der Waals surface area contributed by atoms with Crippen LogP contribution in [0, 0.1) is 0 Å². The highest BCUT2D eigenvalue weighted by Gasteiger charge is 2.22. The van der Waals surface area contributed by atoms with E-state index in [2.05, 4.69) is 29.5 Å². The van der Waals surface area contributed by atoms with Gasteiger partial charge in [0.05, 0.1) is 6.04 Å². The van der Waals surface area contributed by atoms with Crippen molar-refractivity contribution in [3.05, 3.63) is 46.6 Å². The van der Waals surface area contributed by atoms with Crippen LogP contribution in [0.25, 0.3) is 0 Å². The molecule has 1 aliphatic rings. The average molecular weight is 262 g/mol. The molecule has 1 atom stereocenters. The molecular weight excluding hydrogens is 246 g/mol. The molecule has 1 aromatic carbocycles. The van der Waals surface area contributed by atoms with Crippen LogP contribution in [0.4, 0.5) is 5.82 Å². The molecule has 0 saturated heterocycles. The van der Waals surface area contributed by atoms with Gasteiger partial charge in [-0.05, 0) is 43.0 Å². The summed E-state index contributed by atoms with van der Waals surface area (Å²) in [6.45, 7) is 2.99. The number of benzene rings is 1. The molecule has 18 heavy (non-hydrogen) atoms. The molecule has 0 aliphatic heterocycles. The maximum Gasteiger partial charge on any atom is 0.148 e. The normalized spacial score (nSPS) is 17.8. The van der Waals surface area contributed by atoms with Gasteiger partial charge in [0, 0.05) is 23.8 Å². The fraction of sp³-hybridized carbons (Fsp3) is 0.357. The van der Waals surface area contributed by atoms with E-state index in [0.717, 1.165) is 30.2 Å². The largest absolute Gasteiger partial charge is 0.362 e. The number of anilines is 1. The monoisotopic (exact) mass is 261 g/mol. The molecule has 4 heteroatoms. The Morgan fingerprint density at radius 3 is 3.11 bits per heavy atom. The molecule has 1 heterocycles. The van der Waals surface area contributed by atoms with Gasteiger partial charge in [-0.3, -0.25) is 4.68 Å². The van der Waals surface area contributed by atoms with Gasteiger partial charge in [0.2, 0.25) is 0 Å². The number of rotatable bonds is 3. The van der Waals surface area contributed by atoms with Crippen LogP contribution in [-0.4, -0.2) is 9.78 Å². The summed E-state index contributed by atoms with van der Waals surface area (Å²) in [4.78, 5) is 0. The van der Waals surface area contributed by atoms with Crippen LogP contribution in [-0.2, 0) is 13.0 Å². The minimum atomic E-state index is 0.359. The predicted molar refractivity (Wildman–Crippen MR) is 74.0 cm³/mol. The van der Waals surface area contributed by atoms with Crippen LogP contribution < -0.4 is 5.32 Å². The average Bonchev–Trinajstić information content (AvgIpc) is 2.97. The zero-order valence-corrected chi connectivity index (χ0v) is 11.1. The molecule has 94 valence electrons. The first-order valence-corrected chi connectivity index (χ1v) is 6.72. The molecule has 0 fully saturated rings. The quantitative estimate of drug-likeness (QED) is 0.914. The Morgan fingerprint density at radius 2 is 2.33 bits per heavy atom. The summed E-state index contributed by atoms with van der Waals surface area (Å²) in [5.74, 6) is 0.949. The van der Waals surface area contributed by atoms with Crippen molar-refractivity contribution < 1.29 is 0 Å². The SMILES string of the molecule is CCn1ccc(NC2CCc3cc(Cl)ccc32)n1. The van der Waals surface area contributed by atoms with E-state index < -0.39 is 0 Å². The van der Waals surface area contributed by atoms with Crippen LogP contribution in [0.1, 0.15) is 30.5 Å². The van der Waals surface area contributed by atoms with Gasteiger partial charge in [-0.25, -0.2) is 0 Å². The van der Waals surface area contributed by atoms with E-state index in [-0.39, 0.29) is 0 Å². The molecule has 0 spiro atoms. The molecule has 1 aromatic heterocycles. The minimum absolute atomic E-state index is 0.359. The molecule has 1 aliphatic carbocycles. The van der Waals surface area contributed by atoms with Crippen molar-refractivity contribution in [2.45, 2.75) is 32.4 Å². The molecule has 1 N–H and O–H groups in total. The first-order chi connectivity index (χ1) is 8.76. The number of aromatic nitrogens is 2. The third kappa shape index (κ3) is 2.10. The lowest BCUT2D eigenvalue weighted by Gasteiger charge is -2.13. The molecule has 0 bridgehead atoms. The van der Waals surface area contributed by atoms with Crippen molar-refractivity contribution in [1.29, 1.82) is 0 Å². The number of halogens is 1. The van der Waals surface area contributed by atoms with E-state index in [9.17, 15) is 0 Å². The Hall–Kier alpha value is -1.48. The smallest absolute Gasteiger partial charge is 0.148 e. The molecule has 3 nitrogen and oxygen atoms in total. The number of hydrogen-bond donors (Lipinski definition) is 1. The van der Waals surface area contributed by atoms with Gasteiger partial charge < -0.3 is 5.32 Å².